The normalized spacial score (nSPS) is 15.9. The first kappa shape index (κ1) is 12.9. The molecule has 1 aromatic carbocycles. The topological polar surface area (TPSA) is 24.5 Å². The molecule has 0 aliphatic carbocycles. The summed E-state index contributed by atoms with van der Waals surface area (Å²) in [4.78, 5) is 2.37. The van der Waals surface area contributed by atoms with Crippen molar-refractivity contribution in [1.29, 1.82) is 0 Å². The summed E-state index contributed by atoms with van der Waals surface area (Å²) < 4.78 is 5.24. The van der Waals surface area contributed by atoms with Gasteiger partial charge in [0, 0.05) is 31.7 Å². The molecule has 18 heavy (non-hydrogen) atoms. The lowest BCUT2D eigenvalue weighted by atomic mass is 10.1. The third-order valence-corrected chi connectivity index (χ3v) is 3.14. The third kappa shape index (κ3) is 3.49. The number of rotatable bonds is 2. The lowest BCUT2D eigenvalue weighted by Gasteiger charge is -2.24. The SMILES string of the molecule is COc1ccc(C#CCN2CCNCC2)cc1C. The summed E-state index contributed by atoms with van der Waals surface area (Å²) in [5.41, 5.74) is 2.19. The molecule has 1 N–H and O–H groups in total. The lowest BCUT2D eigenvalue weighted by Crippen LogP contribution is -2.43. The fraction of sp³-hybridized carbons (Fsp3) is 0.467. The highest BCUT2D eigenvalue weighted by atomic mass is 16.5. The Morgan fingerprint density at radius 3 is 2.78 bits per heavy atom. The van der Waals surface area contributed by atoms with Gasteiger partial charge in [-0.25, -0.2) is 0 Å². The van der Waals surface area contributed by atoms with Gasteiger partial charge in [0.05, 0.1) is 13.7 Å². The molecule has 0 aromatic heterocycles. The molecular formula is C15H20N2O. The predicted octanol–water partition coefficient (Wildman–Crippen LogP) is 1.26. The van der Waals surface area contributed by atoms with E-state index < -0.39 is 0 Å². The van der Waals surface area contributed by atoms with E-state index in [9.17, 15) is 0 Å². The molecule has 1 saturated heterocycles. The first-order valence-electron chi connectivity index (χ1n) is 6.36. The summed E-state index contributed by atoms with van der Waals surface area (Å²) >= 11 is 0. The first-order valence-corrected chi connectivity index (χ1v) is 6.36. The van der Waals surface area contributed by atoms with E-state index in [1.54, 1.807) is 7.11 Å². The molecule has 1 aliphatic rings. The Morgan fingerprint density at radius 2 is 2.11 bits per heavy atom. The highest BCUT2D eigenvalue weighted by Gasteiger charge is 2.06. The van der Waals surface area contributed by atoms with E-state index in [4.69, 9.17) is 4.74 Å². The van der Waals surface area contributed by atoms with E-state index in [1.807, 2.05) is 19.1 Å². The molecule has 0 spiro atoms. The van der Waals surface area contributed by atoms with Crippen molar-refractivity contribution in [3.63, 3.8) is 0 Å². The summed E-state index contributed by atoms with van der Waals surface area (Å²) in [5.74, 6) is 7.38. The molecule has 1 fully saturated rings. The fourth-order valence-corrected chi connectivity index (χ4v) is 2.08. The molecular weight excluding hydrogens is 224 g/mol. The molecule has 2 rings (SSSR count). The summed E-state index contributed by atoms with van der Waals surface area (Å²) in [6.45, 7) is 7.23. The molecule has 3 heteroatoms. The van der Waals surface area contributed by atoms with Crippen molar-refractivity contribution in [2.24, 2.45) is 0 Å². The molecule has 0 unspecified atom stereocenters. The Bertz CT molecular complexity index is 453. The van der Waals surface area contributed by atoms with Gasteiger partial charge in [-0.3, -0.25) is 4.90 Å². The van der Waals surface area contributed by atoms with Crippen molar-refractivity contribution >= 4 is 0 Å². The second-order valence-corrected chi connectivity index (χ2v) is 4.51. The number of piperazine rings is 1. The maximum Gasteiger partial charge on any atom is 0.121 e. The molecule has 0 saturated carbocycles. The Morgan fingerprint density at radius 1 is 1.33 bits per heavy atom. The first-order chi connectivity index (χ1) is 8.79. The van der Waals surface area contributed by atoms with Crippen molar-refractivity contribution in [3.05, 3.63) is 29.3 Å². The second kappa shape index (κ2) is 6.44. The van der Waals surface area contributed by atoms with E-state index in [1.165, 1.54) is 0 Å². The Hall–Kier alpha value is -1.50. The van der Waals surface area contributed by atoms with Gasteiger partial charge >= 0.3 is 0 Å². The van der Waals surface area contributed by atoms with Crippen LogP contribution in [0.1, 0.15) is 11.1 Å². The number of hydrogen-bond acceptors (Lipinski definition) is 3. The summed E-state index contributed by atoms with van der Waals surface area (Å²) in [6.07, 6.45) is 0. The van der Waals surface area contributed by atoms with Crippen LogP contribution in [0, 0.1) is 18.8 Å². The monoisotopic (exact) mass is 244 g/mol. The highest BCUT2D eigenvalue weighted by Crippen LogP contribution is 2.17. The zero-order valence-corrected chi connectivity index (χ0v) is 11.1. The second-order valence-electron chi connectivity index (χ2n) is 4.51. The summed E-state index contributed by atoms with van der Waals surface area (Å²) in [5, 5.41) is 3.34. The molecule has 0 bridgehead atoms. The molecule has 3 nitrogen and oxygen atoms in total. The maximum atomic E-state index is 5.24. The van der Waals surface area contributed by atoms with Gasteiger partial charge in [-0.15, -0.1) is 0 Å². The van der Waals surface area contributed by atoms with Gasteiger partial charge in [-0.2, -0.15) is 0 Å². The molecule has 1 heterocycles. The van der Waals surface area contributed by atoms with Crippen LogP contribution in [0.4, 0.5) is 0 Å². The summed E-state index contributed by atoms with van der Waals surface area (Å²) in [7, 11) is 1.69. The zero-order chi connectivity index (χ0) is 12.8. The van der Waals surface area contributed by atoms with Crippen LogP contribution in [-0.2, 0) is 0 Å². The third-order valence-electron chi connectivity index (χ3n) is 3.14. The number of nitrogens with one attached hydrogen (secondary N) is 1. The predicted molar refractivity (Wildman–Crippen MR) is 73.9 cm³/mol. The number of nitrogens with zero attached hydrogens (tertiary/aromatic N) is 1. The van der Waals surface area contributed by atoms with Crippen LogP contribution in [0.2, 0.25) is 0 Å². The van der Waals surface area contributed by atoms with Gasteiger partial charge < -0.3 is 10.1 Å². The Kier molecular flexibility index (Phi) is 4.63. The summed E-state index contributed by atoms with van der Waals surface area (Å²) in [6, 6.07) is 6.06. The highest BCUT2D eigenvalue weighted by molar-refractivity contribution is 5.43. The molecule has 96 valence electrons. The van der Waals surface area contributed by atoms with Crippen molar-refractivity contribution in [3.8, 4) is 17.6 Å². The Balaban J connectivity index is 1.94. The van der Waals surface area contributed by atoms with Crippen LogP contribution < -0.4 is 10.1 Å². The van der Waals surface area contributed by atoms with Crippen LogP contribution in [0.25, 0.3) is 0 Å². The van der Waals surface area contributed by atoms with Gasteiger partial charge in [-0.05, 0) is 30.7 Å². The van der Waals surface area contributed by atoms with E-state index in [-0.39, 0.29) is 0 Å². The number of hydrogen-bond donors (Lipinski definition) is 1. The molecule has 1 aliphatic heterocycles. The van der Waals surface area contributed by atoms with Crippen molar-refractivity contribution in [1.82, 2.24) is 10.2 Å². The van der Waals surface area contributed by atoms with Crippen molar-refractivity contribution in [2.45, 2.75) is 6.92 Å². The number of ether oxygens (including phenoxy) is 1. The number of aryl methyl sites for hydroxylation is 1. The smallest absolute Gasteiger partial charge is 0.121 e. The minimum Gasteiger partial charge on any atom is -0.496 e. The zero-order valence-electron chi connectivity index (χ0n) is 11.1. The van der Waals surface area contributed by atoms with Crippen LogP contribution in [0.3, 0.4) is 0 Å². The van der Waals surface area contributed by atoms with Gasteiger partial charge in [-0.1, -0.05) is 11.8 Å². The molecule has 0 amide bonds. The van der Waals surface area contributed by atoms with E-state index in [0.717, 1.165) is 49.6 Å². The molecule has 1 aromatic rings. The minimum absolute atomic E-state index is 0.854. The van der Waals surface area contributed by atoms with E-state index in [2.05, 4.69) is 28.1 Å². The minimum atomic E-state index is 0.854. The van der Waals surface area contributed by atoms with Crippen LogP contribution in [0.5, 0.6) is 5.75 Å². The molecule has 0 atom stereocenters. The standard InChI is InChI=1S/C15H20N2O/c1-13-12-14(5-6-15(13)18-2)4-3-9-17-10-7-16-8-11-17/h5-6,12,16H,7-11H2,1-2H3. The fourth-order valence-electron chi connectivity index (χ4n) is 2.08. The number of methoxy groups -OCH3 is 1. The quantitative estimate of drug-likeness (QED) is 0.793. The van der Waals surface area contributed by atoms with Crippen LogP contribution in [0.15, 0.2) is 18.2 Å². The van der Waals surface area contributed by atoms with Gasteiger partial charge in [0.1, 0.15) is 5.75 Å². The average Bonchev–Trinajstić information content (AvgIpc) is 2.40. The average molecular weight is 244 g/mol. The maximum absolute atomic E-state index is 5.24. The Labute approximate surface area is 109 Å². The number of benzene rings is 1. The molecule has 0 radical (unpaired) electrons. The van der Waals surface area contributed by atoms with Crippen LogP contribution in [-0.4, -0.2) is 44.7 Å². The van der Waals surface area contributed by atoms with E-state index >= 15 is 0 Å². The van der Waals surface area contributed by atoms with Crippen molar-refractivity contribution in [2.75, 3.05) is 39.8 Å². The van der Waals surface area contributed by atoms with Gasteiger partial charge in [0.25, 0.3) is 0 Å². The van der Waals surface area contributed by atoms with Crippen LogP contribution >= 0.6 is 0 Å². The largest absolute Gasteiger partial charge is 0.496 e. The van der Waals surface area contributed by atoms with Crippen molar-refractivity contribution < 1.29 is 4.74 Å². The lowest BCUT2D eigenvalue weighted by molar-refractivity contribution is 0.268. The van der Waals surface area contributed by atoms with E-state index in [0.29, 0.717) is 0 Å². The van der Waals surface area contributed by atoms with Gasteiger partial charge in [0.15, 0.2) is 0 Å². The van der Waals surface area contributed by atoms with Gasteiger partial charge in [0.2, 0.25) is 0 Å².